The van der Waals surface area contributed by atoms with E-state index in [0.717, 1.165) is 0 Å². The minimum atomic E-state index is -2.75. The highest BCUT2D eigenvalue weighted by Gasteiger charge is 2.02. The molecule has 1 unspecified atom stereocenters. The van der Waals surface area contributed by atoms with Crippen molar-refractivity contribution in [3.8, 4) is 0 Å². The molecule has 2 N–H and O–H groups in total. The molecule has 0 fully saturated rings. The topological polar surface area (TPSA) is 35.2 Å². The van der Waals surface area contributed by atoms with Crippen molar-refractivity contribution in [2.75, 3.05) is 0 Å². The average Bonchev–Trinajstić information content (AvgIpc) is 1.27. The predicted molar refractivity (Wildman–Crippen MR) is 20.7 cm³/mol. The van der Waals surface area contributed by atoms with Gasteiger partial charge in [-0.3, -0.25) is 0 Å². The minimum absolute atomic E-state index is 0.875. The highest BCUT2D eigenvalue weighted by Crippen LogP contribution is 1.94. The van der Waals surface area contributed by atoms with Crippen molar-refractivity contribution in [2.45, 2.75) is 19.8 Å². The zero-order valence-corrected chi connectivity index (χ0v) is 3.90. The van der Waals surface area contributed by atoms with Crippen LogP contribution in [0.3, 0.4) is 0 Å². The second-order valence-corrected chi connectivity index (χ2v) is 1.10. The van der Waals surface area contributed by atoms with Crippen molar-refractivity contribution in [3.05, 3.63) is 0 Å². The summed E-state index contributed by atoms with van der Waals surface area (Å²) >= 11 is 0. The fraction of sp³-hybridized carbons (Fsp3) is 1.00. The van der Waals surface area contributed by atoms with Gasteiger partial charge in [0, 0.05) is 0 Å². The van der Waals surface area contributed by atoms with Gasteiger partial charge in [-0.1, -0.05) is 0 Å². The maximum Gasteiger partial charge on any atom is 0.346 e. The van der Waals surface area contributed by atoms with Gasteiger partial charge in [0.1, 0.15) is 6.23 Å². The molecule has 0 spiro atoms. The second kappa shape index (κ2) is 2.87. The van der Waals surface area contributed by atoms with E-state index in [1.54, 1.807) is 0 Å². The van der Waals surface area contributed by atoms with Gasteiger partial charge in [-0.2, -0.15) is 8.78 Å². The van der Waals surface area contributed by atoms with Crippen LogP contribution >= 0.6 is 0 Å². The quantitative estimate of drug-likeness (QED) is 0.527. The molecule has 0 amide bonds. The first-order valence-electron chi connectivity index (χ1n) is 1.82. The lowest BCUT2D eigenvalue weighted by Crippen LogP contribution is -2.21. The Morgan fingerprint density at radius 2 is 2.00 bits per heavy atom. The summed E-state index contributed by atoms with van der Waals surface area (Å²) in [5, 5.41) is 0. The molecule has 1 atom stereocenters. The molecule has 0 aromatic carbocycles. The summed E-state index contributed by atoms with van der Waals surface area (Å²) in [6.45, 7) is -1.41. The van der Waals surface area contributed by atoms with Crippen LogP contribution in [-0.2, 0) is 4.74 Å². The maximum absolute atomic E-state index is 11.0. The Labute approximate surface area is 40.3 Å². The fourth-order valence-corrected chi connectivity index (χ4v) is 0.162. The lowest BCUT2D eigenvalue weighted by molar-refractivity contribution is -0.155. The zero-order valence-electron chi connectivity index (χ0n) is 3.90. The SMILES string of the molecule is CC(N)OC(F)F. The third kappa shape index (κ3) is 5.78. The van der Waals surface area contributed by atoms with Crippen molar-refractivity contribution in [1.29, 1.82) is 0 Å². The van der Waals surface area contributed by atoms with Gasteiger partial charge in [0.2, 0.25) is 0 Å². The van der Waals surface area contributed by atoms with Crippen LogP contribution in [-0.4, -0.2) is 12.8 Å². The standard InChI is InChI=1S/C3H7F2NO/c1-2(6)7-3(4)5/h2-3H,6H2,1H3. The van der Waals surface area contributed by atoms with E-state index in [0.29, 0.717) is 0 Å². The minimum Gasteiger partial charge on any atom is -0.306 e. The van der Waals surface area contributed by atoms with Crippen LogP contribution in [0.25, 0.3) is 0 Å². The number of hydrogen-bond acceptors (Lipinski definition) is 2. The largest absolute Gasteiger partial charge is 0.346 e. The zero-order chi connectivity index (χ0) is 5.86. The van der Waals surface area contributed by atoms with E-state index in [4.69, 9.17) is 5.73 Å². The summed E-state index contributed by atoms with van der Waals surface area (Å²) in [5.74, 6) is 0. The van der Waals surface area contributed by atoms with E-state index < -0.39 is 12.8 Å². The Balaban J connectivity index is 2.95. The van der Waals surface area contributed by atoms with Crippen LogP contribution in [0.1, 0.15) is 6.92 Å². The van der Waals surface area contributed by atoms with Crippen LogP contribution in [0.4, 0.5) is 8.78 Å². The molecular weight excluding hydrogens is 104 g/mol. The van der Waals surface area contributed by atoms with Crippen molar-refractivity contribution in [2.24, 2.45) is 5.73 Å². The number of rotatable bonds is 2. The third-order valence-electron chi connectivity index (χ3n) is 0.318. The van der Waals surface area contributed by atoms with Crippen LogP contribution in [0.5, 0.6) is 0 Å². The lowest BCUT2D eigenvalue weighted by atomic mass is 10.7. The maximum atomic E-state index is 11.0. The van der Waals surface area contributed by atoms with Gasteiger partial charge < -0.3 is 10.5 Å². The van der Waals surface area contributed by atoms with Crippen molar-refractivity contribution >= 4 is 0 Å². The Morgan fingerprint density at radius 3 is 2.00 bits per heavy atom. The number of halogens is 2. The molecule has 0 radical (unpaired) electrons. The smallest absolute Gasteiger partial charge is 0.306 e. The molecule has 44 valence electrons. The van der Waals surface area contributed by atoms with E-state index in [2.05, 4.69) is 4.74 Å². The molecule has 0 aromatic rings. The average molecular weight is 111 g/mol. The van der Waals surface area contributed by atoms with Crippen molar-refractivity contribution < 1.29 is 13.5 Å². The molecule has 0 aliphatic carbocycles. The van der Waals surface area contributed by atoms with Crippen LogP contribution in [0.15, 0.2) is 0 Å². The second-order valence-electron chi connectivity index (χ2n) is 1.10. The molecule has 4 heteroatoms. The van der Waals surface area contributed by atoms with Gasteiger partial charge in [0.05, 0.1) is 0 Å². The van der Waals surface area contributed by atoms with Crippen LogP contribution < -0.4 is 5.73 Å². The molecule has 2 nitrogen and oxygen atoms in total. The molecule has 0 rings (SSSR count). The number of hydrogen-bond donors (Lipinski definition) is 1. The highest BCUT2D eigenvalue weighted by atomic mass is 19.3. The van der Waals surface area contributed by atoms with Gasteiger partial charge in [0.15, 0.2) is 0 Å². The normalized spacial score (nSPS) is 15.0. The van der Waals surface area contributed by atoms with Gasteiger partial charge >= 0.3 is 6.61 Å². The van der Waals surface area contributed by atoms with Crippen LogP contribution in [0.2, 0.25) is 0 Å². The molecule has 7 heavy (non-hydrogen) atoms. The molecule has 0 saturated carbocycles. The molecule has 0 aromatic heterocycles. The lowest BCUT2D eigenvalue weighted by Gasteiger charge is -2.03. The molecule has 0 saturated heterocycles. The third-order valence-corrected chi connectivity index (χ3v) is 0.318. The molecule has 0 aliphatic heterocycles. The van der Waals surface area contributed by atoms with E-state index in [9.17, 15) is 8.78 Å². The highest BCUT2D eigenvalue weighted by molar-refractivity contribution is 4.28. The Hall–Kier alpha value is -0.220. The van der Waals surface area contributed by atoms with E-state index in [1.165, 1.54) is 6.92 Å². The van der Waals surface area contributed by atoms with Gasteiger partial charge in [-0.15, -0.1) is 0 Å². The summed E-state index contributed by atoms with van der Waals surface area (Å²) in [6.07, 6.45) is -0.875. The van der Waals surface area contributed by atoms with Gasteiger partial charge in [0.25, 0.3) is 0 Å². The molecular formula is C3H7F2NO. The Bertz CT molecular complexity index is 42.2. The van der Waals surface area contributed by atoms with Crippen molar-refractivity contribution in [1.82, 2.24) is 0 Å². The molecule has 0 heterocycles. The summed E-state index contributed by atoms with van der Waals surface area (Å²) in [6, 6.07) is 0. The summed E-state index contributed by atoms with van der Waals surface area (Å²) in [7, 11) is 0. The Kier molecular flexibility index (Phi) is 2.78. The van der Waals surface area contributed by atoms with E-state index >= 15 is 0 Å². The first kappa shape index (κ1) is 6.78. The predicted octanol–water partition coefficient (Wildman–Crippen LogP) is 0.530. The van der Waals surface area contributed by atoms with Gasteiger partial charge in [-0.25, -0.2) is 0 Å². The fourth-order valence-electron chi connectivity index (χ4n) is 0.162. The first-order valence-corrected chi connectivity index (χ1v) is 1.82. The number of alkyl halides is 2. The number of ether oxygens (including phenoxy) is 1. The molecule has 0 bridgehead atoms. The van der Waals surface area contributed by atoms with Crippen LogP contribution in [0, 0.1) is 0 Å². The van der Waals surface area contributed by atoms with E-state index in [-0.39, 0.29) is 0 Å². The monoisotopic (exact) mass is 111 g/mol. The van der Waals surface area contributed by atoms with Gasteiger partial charge in [-0.05, 0) is 6.92 Å². The number of nitrogens with two attached hydrogens (primary N) is 1. The molecule has 0 aliphatic rings. The Morgan fingerprint density at radius 1 is 1.57 bits per heavy atom. The summed E-state index contributed by atoms with van der Waals surface area (Å²) < 4.78 is 25.7. The van der Waals surface area contributed by atoms with Crippen molar-refractivity contribution in [3.63, 3.8) is 0 Å². The first-order chi connectivity index (χ1) is 3.13. The summed E-state index contributed by atoms with van der Waals surface area (Å²) in [4.78, 5) is 0. The van der Waals surface area contributed by atoms with E-state index in [1.807, 2.05) is 0 Å². The summed E-state index contributed by atoms with van der Waals surface area (Å²) in [5.41, 5.74) is 4.79.